The Morgan fingerprint density at radius 3 is 2.40 bits per heavy atom. The fourth-order valence-corrected chi connectivity index (χ4v) is 2.82. The van der Waals surface area contributed by atoms with E-state index in [4.69, 9.17) is 0 Å². The van der Waals surface area contributed by atoms with E-state index in [2.05, 4.69) is 36.5 Å². The Morgan fingerprint density at radius 1 is 1.27 bits per heavy atom. The average Bonchev–Trinajstić information content (AvgIpc) is 2.65. The smallest absolute Gasteiger partial charge is 0.105 e. The summed E-state index contributed by atoms with van der Waals surface area (Å²) >= 11 is 0. The van der Waals surface area contributed by atoms with Crippen molar-refractivity contribution in [2.24, 2.45) is 11.8 Å². The molecule has 15 heavy (non-hydrogen) atoms. The van der Waals surface area contributed by atoms with Crippen LogP contribution in [0.15, 0.2) is 12.4 Å². The molecule has 0 amide bonds. The molecule has 2 nitrogen and oxygen atoms in total. The lowest BCUT2D eigenvalue weighted by Crippen LogP contribution is -2.21. The van der Waals surface area contributed by atoms with Crippen molar-refractivity contribution < 1.29 is 0 Å². The molecule has 0 bridgehead atoms. The van der Waals surface area contributed by atoms with Gasteiger partial charge in [0.15, 0.2) is 0 Å². The zero-order valence-corrected chi connectivity index (χ0v) is 10.1. The molecule has 0 saturated heterocycles. The highest BCUT2D eigenvalue weighted by Crippen LogP contribution is 2.35. The van der Waals surface area contributed by atoms with Crippen LogP contribution in [-0.2, 0) is 0 Å². The van der Waals surface area contributed by atoms with E-state index in [1.807, 2.05) is 6.20 Å². The predicted molar refractivity (Wildman–Crippen MR) is 62.8 cm³/mol. The lowest BCUT2D eigenvalue weighted by molar-refractivity contribution is 0.224. The Labute approximate surface area is 92.7 Å². The van der Waals surface area contributed by atoms with Crippen LogP contribution in [0.1, 0.15) is 51.4 Å². The van der Waals surface area contributed by atoms with Gasteiger partial charge in [-0.05, 0) is 44.4 Å². The van der Waals surface area contributed by atoms with Crippen molar-refractivity contribution in [2.75, 3.05) is 0 Å². The highest BCUT2D eigenvalue weighted by molar-refractivity contribution is 4.93. The average molecular weight is 206 g/mol. The molecule has 0 atom stereocenters. The molecule has 0 aromatic carbocycles. The van der Waals surface area contributed by atoms with E-state index in [1.165, 1.54) is 31.5 Å². The minimum atomic E-state index is 0.711. The number of hydrogen-bond donors (Lipinski definition) is 0. The number of aromatic nitrogens is 2. The van der Waals surface area contributed by atoms with Gasteiger partial charge in [0, 0.05) is 18.4 Å². The second-order valence-electron chi connectivity index (χ2n) is 5.19. The first-order valence-electron chi connectivity index (χ1n) is 6.18. The van der Waals surface area contributed by atoms with Crippen LogP contribution in [0.3, 0.4) is 0 Å². The van der Waals surface area contributed by atoms with Crippen molar-refractivity contribution in [3.05, 3.63) is 18.2 Å². The van der Waals surface area contributed by atoms with Crippen LogP contribution in [0.2, 0.25) is 0 Å². The topological polar surface area (TPSA) is 17.8 Å². The second-order valence-corrected chi connectivity index (χ2v) is 5.19. The van der Waals surface area contributed by atoms with Crippen molar-refractivity contribution in [1.29, 1.82) is 0 Å². The van der Waals surface area contributed by atoms with E-state index in [9.17, 15) is 0 Å². The van der Waals surface area contributed by atoms with E-state index >= 15 is 0 Å². The largest absolute Gasteiger partial charge is 0.332 e. The van der Waals surface area contributed by atoms with Crippen LogP contribution in [0.5, 0.6) is 0 Å². The summed E-state index contributed by atoms with van der Waals surface area (Å²) in [5.41, 5.74) is 0. The van der Waals surface area contributed by atoms with Gasteiger partial charge in [-0.1, -0.05) is 13.8 Å². The number of hydrogen-bond acceptors (Lipinski definition) is 1. The van der Waals surface area contributed by atoms with Gasteiger partial charge in [0.1, 0.15) is 5.82 Å². The summed E-state index contributed by atoms with van der Waals surface area (Å²) in [5, 5.41) is 0. The number of nitrogens with zero attached hydrogens (tertiary/aromatic N) is 2. The highest BCUT2D eigenvalue weighted by Gasteiger charge is 2.24. The molecule has 0 spiro atoms. The van der Waals surface area contributed by atoms with Crippen molar-refractivity contribution in [3.8, 4) is 0 Å². The van der Waals surface area contributed by atoms with Crippen LogP contribution >= 0.6 is 0 Å². The molecular formula is C13H22N2. The molecular weight excluding hydrogens is 184 g/mol. The Balaban J connectivity index is 1.97. The first kappa shape index (κ1) is 10.7. The van der Waals surface area contributed by atoms with Crippen LogP contribution in [0.4, 0.5) is 0 Å². The van der Waals surface area contributed by atoms with Crippen molar-refractivity contribution in [1.82, 2.24) is 9.55 Å². The zero-order valence-electron chi connectivity index (χ0n) is 10.1. The highest BCUT2D eigenvalue weighted by atomic mass is 15.1. The molecule has 1 heterocycles. The summed E-state index contributed by atoms with van der Waals surface area (Å²) in [6.45, 7) is 6.81. The Hall–Kier alpha value is -0.790. The van der Waals surface area contributed by atoms with Crippen LogP contribution in [-0.4, -0.2) is 9.55 Å². The third-order valence-electron chi connectivity index (χ3n) is 3.94. The summed E-state index contributed by atoms with van der Waals surface area (Å²) in [6.07, 6.45) is 9.50. The summed E-state index contributed by atoms with van der Waals surface area (Å²) in [7, 11) is 0. The fraction of sp³-hybridized carbons (Fsp3) is 0.769. The van der Waals surface area contributed by atoms with Gasteiger partial charge in [-0.25, -0.2) is 4.98 Å². The molecule has 1 aromatic rings. The molecule has 0 aliphatic heterocycles. The summed E-state index contributed by atoms with van der Waals surface area (Å²) in [4.78, 5) is 4.31. The molecule has 84 valence electrons. The minimum Gasteiger partial charge on any atom is -0.332 e. The van der Waals surface area contributed by atoms with Crippen molar-refractivity contribution >= 4 is 0 Å². The normalized spacial score (nSPS) is 27.2. The quantitative estimate of drug-likeness (QED) is 0.723. The molecule has 0 N–H and O–H groups in total. The number of imidazole rings is 1. The first-order valence-corrected chi connectivity index (χ1v) is 6.18. The third-order valence-corrected chi connectivity index (χ3v) is 3.94. The van der Waals surface area contributed by atoms with E-state index in [1.54, 1.807) is 0 Å². The molecule has 1 aliphatic carbocycles. The maximum atomic E-state index is 4.31. The Morgan fingerprint density at radius 2 is 1.93 bits per heavy atom. The molecule has 1 aliphatic rings. The molecule has 2 heteroatoms. The minimum absolute atomic E-state index is 0.711. The predicted octanol–water partition coefficient (Wildman–Crippen LogP) is 3.58. The third kappa shape index (κ3) is 2.24. The van der Waals surface area contributed by atoms with Crippen molar-refractivity contribution in [2.45, 2.75) is 52.5 Å². The van der Waals surface area contributed by atoms with Gasteiger partial charge in [0.2, 0.25) is 0 Å². The van der Waals surface area contributed by atoms with Gasteiger partial charge in [-0.15, -0.1) is 0 Å². The summed E-state index contributed by atoms with van der Waals surface area (Å²) in [5.74, 6) is 2.97. The molecule has 2 rings (SSSR count). The van der Waals surface area contributed by atoms with Gasteiger partial charge in [0.05, 0.1) is 0 Å². The Bertz CT molecular complexity index is 306. The Kier molecular flexibility index (Phi) is 3.13. The fourth-order valence-electron chi connectivity index (χ4n) is 2.82. The monoisotopic (exact) mass is 206 g/mol. The van der Waals surface area contributed by atoms with Gasteiger partial charge in [-0.2, -0.15) is 0 Å². The van der Waals surface area contributed by atoms with Crippen LogP contribution < -0.4 is 0 Å². The molecule has 1 fully saturated rings. The summed E-state index contributed by atoms with van der Waals surface area (Å²) in [6, 6.07) is 0.711. The van der Waals surface area contributed by atoms with E-state index in [0.29, 0.717) is 6.04 Å². The lowest BCUT2D eigenvalue weighted by Gasteiger charge is -2.32. The molecule has 1 saturated carbocycles. The zero-order chi connectivity index (χ0) is 10.8. The van der Waals surface area contributed by atoms with Crippen LogP contribution in [0, 0.1) is 18.8 Å². The van der Waals surface area contributed by atoms with Gasteiger partial charge in [-0.3, -0.25) is 0 Å². The second kappa shape index (κ2) is 4.38. The van der Waals surface area contributed by atoms with E-state index < -0.39 is 0 Å². The number of rotatable bonds is 2. The SMILES string of the molecule is Cc1nccn1C1CCC(C(C)C)CC1. The molecule has 1 aromatic heterocycles. The molecule has 0 radical (unpaired) electrons. The van der Waals surface area contributed by atoms with Gasteiger partial charge >= 0.3 is 0 Å². The van der Waals surface area contributed by atoms with Crippen molar-refractivity contribution in [3.63, 3.8) is 0 Å². The van der Waals surface area contributed by atoms with Gasteiger partial charge < -0.3 is 4.57 Å². The standard InChI is InChI=1S/C13H22N2/c1-10(2)12-4-6-13(7-5-12)15-9-8-14-11(15)3/h8-10,12-13H,4-7H2,1-3H3. The van der Waals surface area contributed by atoms with Crippen LogP contribution in [0.25, 0.3) is 0 Å². The van der Waals surface area contributed by atoms with Gasteiger partial charge in [0.25, 0.3) is 0 Å². The van der Waals surface area contributed by atoms with E-state index in [-0.39, 0.29) is 0 Å². The maximum absolute atomic E-state index is 4.31. The molecule has 0 unspecified atom stereocenters. The maximum Gasteiger partial charge on any atom is 0.105 e. The summed E-state index contributed by atoms with van der Waals surface area (Å²) < 4.78 is 2.36. The number of aryl methyl sites for hydroxylation is 1. The lowest BCUT2D eigenvalue weighted by atomic mass is 9.79. The van der Waals surface area contributed by atoms with E-state index in [0.717, 1.165) is 11.8 Å². The first-order chi connectivity index (χ1) is 7.18.